The molecule has 2 rings (SSSR count). The molecular formula is C11H17N3. The Morgan fingerprint density at radius 3 is 2.93 bits per heavy atom. The van der Waals surface area contributed by atoms with Crippen molar-refractivity contribution >= 4 is 11.4 Å². The molecule has 1 aromatic heterocycles. The molecule has 14 heavy (non-hydrogen) atoms. The van der Waals surface area contributed by atoms with Crippen LogP contribution < -0.4 is 10.2 Å². The van der Waals surface area contributed by atoms with Crippen LogP contribution in [0.25, 0.3) is 0 Å². The fourth-order valence-corrected chi connectivity index (χ4v) is 1.49. The van der Waals surface area contributed by atoms with Crippen LogP contribution in [0.1, 0.15) is 12.8 Å². The molecule has 0 saturated heterocycles. The molecule has 0 spiro atoms. The predicted octanol–water partition coefficient (Wildman–Crippen LogP) is 1.97. The van der Waals surface area contributed by atoms with Gasteiger partial charge in [-0.15, -0.1) is 0 Å². The van der Waals surface area contributed by atoms with Gasteiger partial charge in [-0.1, -0.05) is 0 Å². The van der Waals surface area contributed by atoms with Gasteiger partial charge in [0.05, 0.1) is 17.6 Å². The molecular weight excluding hydrogens is 174 g/mol. The molecule has 1 aliphatic rings. The molecule has 3 heteroatoms. The van der Waals surface area contributed by atoms with Crippen LogP contribution in [0.4, 0.5) is 11.4 Å². The monoisotopic (exact) mass is 191 g/mol. The molecule has 1 N–H and O–H groups in total. The maximum absolute atomic E-state index is 4.14. The average Bonchev–Trinajstić information content (AvgIpc) is 2.98. The van der Waals surface area contributed by atoms with E-state index in [1.807, 2.05) is 18.5 Å². The van der Waals surface area contributed by atoms with Crippen molar-refractivity contribution in [2.24, 2.45) is 5.92 Å². The van der Waals surface area contributed by atoms with Crippen molar-refractivity contribution in [3.05, 3.63) is 18.5 Å². The molecule has 3 nitrogen and oxygen atoms in total. The summed E-state index contributed by atoms with van der Waals surface area (Å²) in [4.78, 5) is 6.24. The summed E-state index contributed by atoms with van der Waals surface area (Å²) in [5.74, 6) is 0.894. The summed E-state index contributed by atoms with van der Waals surface area (Å²) in [7, 11) is 4.11. The van der Waals surface area contributed by atoms with E-state index < -0.39 is 0 Å². The number of hydrogen-bond acceptors (Lipinski definition) is 3. The Balaban J connectivity index is 2.05. The minimum atomic E-state index is 0.894. The highest BCUT2D eigenvalue weighted by atomic mass is 15.1. The van der Waals surface area contributed by atoms with Crippen molar-refractivity contribution in [1.29, 1.82) is 0 Å². The summed E-state index contributed by atoms with van der Waals surface area (Å²) >= 11 is 0. The number of pyridine rings is 1. The van der Waals surface area contributed by atoms with Gasteiger partial charge < -0.3 is 10.2 Å². The highest BCUT2D eigenvalue weighted by molar-refractivity contribution is 5.68. The third kappa shape index (κ3) is 2.16. The van der Waals surface area contributed by atoms with Gasteiger partial charge in [0.15, 0.2) is 0 Å². The van der Waals surface area contributed by atoms with E-state index in [9.17, 15) is 0 Å². The molecule has 1 fully saturated rings. The van der Waals surface area contributed by atoms with Gasteiger partial charge in [0, 0.05) is 26.8 Å². The van der Waals surface area contributed by atoms with Crippen molar-refractivity contribution in [1.82, 2.24) is 4.98 Å². The van der Waals surface area contributed by atoms with Gasteiger partial charge in [-0.2, -0.15) is 0 Å². The number of aromatic nitrogens is 1. The maximum Gasteiger partial charge on any atom is 0.0764 e. The largest absolute Gasteiger partial charge is 0.382 e. The second-order valence-corrected chi connectivity index (χ2v) is 4.11. The maximum atomic E-state index is 4.14. The summed E-state index contributed by atoms with van der Waals surface area (Å²) in [5, 5.41) is 3.45. The van der Waals surface area contributed by atoms with Crippen molar-refractivity contribution in [3.63, 3.8) is 0 Å². The van der Waals surface area contributed by atoms with Crippen molar-refractivity contribution < 1.29 is 0 Å². The lowest BCUT2D eigenvalue weighted by molar-refractivity contribution is 0.887. The Kier molecular flexibility index (Phi) is 2.57. The first-order valence-electron chi connectivity index (χ1n) is 5.12. The Hall–Kier alpha value is -1.25. The molecule has 0 atom stereocenters. The van der Waals surface area contributed by atoms with Crippen molar-refractivity contribution in [3.8, 4) is 0 Å². The van der Waals surface area contributed by atoms with E-state index in [2.05, 4.69) is 29.3 Å². The number of nitrogens with one attached hydrogen (secondary N) is 1. The number of nitrogens with zero attached hydrogens (tertiary/aromatic N) is 2. The van der Waals surface area contributed by atoms with Crippen molar-refractivity contribution in [2.75, 3.05) is 30.9 Å². The van der Waals surface area contributed by atoms with Crippen LogP contribution in [0, 0.1) is 5.92 Å². The zero-order chi connectivity index (χ0) is 9.97. The van der Waals surface area contributed by atoms with E-state index in [1.54, 1.807) is 0 Å². The summed E-state index contributed by atoms with van der Waals surface area (Å²) in [5.41, 5.74) is 2.35. The lowest BCUT2D eigenvalue weighted by atomic mass is 10.3. The number of hydrogen-bond donors (Lipinski definition) is 1. The molecule has 1 aliphatic carbocycles. The van der Waals surface area contributed by atoms with E-state index in [4.69, 9.17) is 0 Å². The Morgan fingerprint density at radius 1 is 1.50 bits per heavy atom. The Morgan fingerprint density at radius 2 is 2.29 bits per heavy atom. The fourth-order valence-electron chi connectivity index (χ4n) is 1.49. The fraction of sp³-hybridized carbons (Fsp3) is 0.545. The molecule has 0 bridgehead atoms. The third-order valence-corrected chi connectivity index (χ3v) is 2.56. The Labute approximate surface area is 85.1 Å². The van der Waals surface area contributed by atoms with Gasteiger partial charge in [-0.3, -0.25) is 4.98 Å². The number of anilines is 2. The van der Waals surface area contributed by atoms with Gasteiger partial charge in [0.25, 0.3) is 0 Å². The zero-order valence-corrected chi connectivity index (χ0v) is 8.83. The summed E-state index contributed by atoms with van der Waals surface area (Å²) in [6.07, 6.45) is 6.49. The van der Waals surface area contributed by atoms with Gasteiger partial charge in [-0.25, -0.2) is 0 Å². The van der Waals surface area contributed by atoms with E-state index in [1.165, 1.54) is 18.5 Å². The Bertz CT molecular complexity index is 305. The van der Waals surface area contributed by atoms with E-state index in [0.29, 0.717) is 0 Å². The molecule has 76 valence electrons. The van der Waals surface area contributed by atoms with E-state index >= 15 is 0 Å². The predicted molar refractivity (Wildman–Crippen MR) is 59.8 cm³/mol. The third-order valence-electron chi connectivity index (χ3n) is 2.56. The highest BCUT2D eigenvalue weighted by Crippen LogP contribution is 2.30. The van der Waals surface area contributed by atoms with E-state index in [0.717, 1.165) is 18.2 Å². The second kappa shape index (κ2) is 3.86. The average molecular weight is 191 g/mol. The van der Waals surface area contributed by atoms with Crippen LogP contribution in [-0.4, -0.2) is 25.6 Å². The highest BCUT2D eigenvalue weighted by Gasteiger charge is 2.21. The second-order valence-electron chi connectivity index (χ2n) is 4.11. The first-order chi connectivity index (χ1) is 6.77. The topological polar surface area (TPSA) is 28.2 Å². The molecule has 0 aromatic carbocycles. The van der Waals surface area contributed by atoms with Crippen LogP contribution in [0.15, 0.2) is 18.5 Å². The minimum absolute atomic E-state index is 0.894. The molecule has 1 saturated carbocycles. The van der Waals surface area contributed by atoms with Crippen molar-refractivity contribution in [2.45, 2.75) is 12.8 Å². The van der Waals surface area contributed by atoms with Crippen LogP contribution in [0.2, 0.25) is 0 Å². The smallest absolute Gasteiger partial charge is 0.0764 e. The van der Waals surface area contributed by atoms with Gasteiger partial charge >= 0.3 is 0 Å². The van der Waals surface area contributed by atoms with Crippen LogP contribution in [0.3, 0.4) is 0 Å². The lowest BCUT2D eigenvalue weighted by Gasteiger charge is -2.17. The standard InChI is InChI=1S/C11H17N3/c1-14(2)11-5-6-12-8-10(11)13-7-9-3-4-9/h5-6,8-9,13H,3-4,7H2,1-2H3. The van der Waals surface area contributed by atoms with Crippen LogP contribution in [-0.2, 0) is 0 Å². The summed E-state index contributed by atoms with van der Waals surface area (Å²) in [6.45, 7) is 1.09. The minimum Gasteiger partial charge on any atom is -0.382 e. The SMILES string of the molecule is CN(C)c1ccncc1NCC1CC1. The lowest BCUT2D eigenvalue weighted by Crippen LogP contribution is -2.13. The zero-order valence-electron chi connectivity index (χ0n) is 8.83. The summed E-state index contributed by atoms with van der Waals surface area (Å²) in [6, 6.07) is 2.04. The first-order valence-corrected chi connectivity index (χ1v) is 5.12. The van der Waals surface area contributed by atoms with Gasteiger partial charge in [0.1, 0.15) is 0 Å². The molecule has 0 amide bonds. The van der Waals surface area contributed by atoms with Gasteiger partial charge in [-0.05, 0) is 24.8 Å². The molecule has 0 unspecified atom stereocenters. The first kappa shape index (κ1) is 9.31. The molecule has 1 heterocycles. The summed E-state index contributed by atoms with van der Waals surface area (Å²) < 4.78 is 0. The van der Waals surface area contributed by atoms with Crippen LogP contribution in [0.5, 0.6) is 0 Å². The normalized spacial score (nSPS) is 15.3. The van der Waals surface area contributed by atoms with Gasteiger partial charge in [0.2, 0.25) is 0 Å². The number of rotatable bonds is 4. The molecule has 0 aliphatic heterocycles. The molecule has 0 radical (unpaired) electrons. The van der Waals surface area contributed by atoms with E-state index in [-0.39, 0.29) is 0 Å². The quantitative estimate of drug-likeness (QED) is 0.788. The molecule has 1 aromatic rings. The van der Waals surface area contributed by atoms with Crippen LogP contribution >= 0.6 is 0 Å².